The number of anilines is 2. The minimum atomic E-state index is -2.04. The number of aliphatic hydroxyl groups is 1. The maximum absolute atomic E-state index is 16.3. The van der Waals surface area contributed by atoms with Gasteiger partial charge in [-0.3, -0.25) is 19.3 Å². The molecule has 0 bridgehead atoms. The van der Waals surface area contributed by atoms with E-state index in [4.69, 9.17) is 19.2 Å². The van der Waals surface area contributed by atoms with Crippen molar-refractivity contribution in [1.82, 2.24) is 15.2 Å². The molecule has 1 aromatic heterocycles. The summed E-state index contributed by atoms with van der Waals surface area (Å²) < 4.78 is 18.3. The van der Waals surface area contributed by atoms with Crippen LogP contribution in [0.2, 0.25) is 0 Å². The number of amides is 4. The lowest BCUT2D eigenvalue weighted by molar-refractivity contribution is -0.177. The fraction of sp³-hybridized carbons (Fsp3) is 0.265. The van der Waals surface area contributed by atoms with Gasteiger partial charge >= 0.3 is 18.0 Å². The van der Waals surface area contributed by atoms with Gasteiger partial charge in [0.2, 0.25) is 11.8 Å². The number of thiazole rings is 1. The van der Waals surface area contributed by atoms with Crippen molar-refractivity contribution >= 4 is 62.2 Å². The lowest BCUT2D eigenvalue weighted by Crippen LogP contribution is -2.57. The zero-order valence-electron chi connectivity index (χ0n) is 35.1. The third-order valence-electron chi connectivity index (χ3n) is 12.3. The summed E-state index contributed by atoms with van der Waals surface area (Å²) in [5.41, 5.74) is 0.974. The quantitative estimate of drug-likeness (QED) is 0.116. The third kappa shape index (κ3) is 7.05. The van der Waals surface area contributed by atoms with Gasteiger partial charge in [0.15, 0.2) is 5.13 Å². The Bertz CT molecular complexity index is 2720. The molecule has 5 aromatic carbocycles. The largest absolute Gasteiger partial charge is 0.491 e. The van der Waals surface area contributed by atoms with Crippen LogP contribution in [0.1, 0.15) is 54.3 Å². The monoisotopic (exact) mass is 879 g/mol. The molecule has 3 aliphatic rings. The normalized spacial score (nSPS) is 23.1. The number of esters is 2. The Labute approximate surface area is 372 Å². The van der Waals surface area contributed by atoms with Crippen LogP contribution in [0, 0.1) is 11.8 Å². The maximum Gasteiger partial charge on any atom is 0.329 e. The smallest absolute Gasteiger partial charge is 0.329 e. The number of carbonyl (C=O) groups excluding carboxylic acids is 5. The van der Waals surface area contributed by atoms with Crippen molar-refractivity contribution in [1.29, 1.82) is 0 Å². The van der Waals surface area contributed by atoms with E-state index < -0.39 is 77.3 Å². The predicted molar refractivity (Wildman–Crippen MR) is 238 cm³/mol. The number of nitrogens with zero attached hydrogens (tertiary/aromatic N) is 3. The number of methoxy groups -OCH3 is 1. The number of benzene rings is 5. The van der Waals surface area contributed by atoms with Gasteiger partial charge < -0.3 is 30.0 Å². The van der Waals surface area contributed by atoms with Crippen molar-refractivity contribution in [3.8, 4) is 5.75 Å². The number of aromatic nitrogens is 1. The van der Waals surface area contributed by atoms with Gasteiger partial charge in [0, 0.05) is 0 Å². The van der Waals surface area contributed by atoms with Crippen LogP contribution in [0.15, 0.2) is 133 Å². The number of imide groups is 1. The zero-order valence-corrected chi connectivity index (χ0v) is 35.9. The van der Waals surface area contributed by atoms with Crippen LogP contribution >= 0.6 is 11.3 Å². The van der Waals surface area contributed by atoms with Gasteiger partial charge in [-0.1, -0.05) is 128 Å². The van der Waals surface area contributed by atoms with Crippen LogP contribution < -0.4 is 20.3 Å². The molecule has 64 heavy (non-hydrogen) atoms. The lowest BCUT2D eigenvalue weighted by atomic mass is 9.65. The fourth-order valence-electron chi connectivity index (χ4n) is 9.73. The highest BCUT2D eigenvalue weighted by Crippen LogP contribution is 2.66. The number of fused-ring (bicyclic) bond motifs is 4. The number of ether oxygens (including phenoxy) is 3. The molecule has 3 N–H and O–H groups in total. The van der Waals surface area contributed by atoms with E-state index in [1.165, 1.54) is 18.4 Å². The average Bonchev–Trinajstić information content (AvgIpc) is 3.96. The summed E-state index contributed by atoms with van der Waals surface area (Å²) in [5, 5.41) is 15.7. The number of hydrogen-bond acceptors (Lipinski definition) is 12. The summed E-state index contributed by atoms with van der Waals surface area (Å²) >= 11 is 1.24. The molecule has 326 valence electrons. The molecule has 0 unspecified atom stereocenters. The van der Waals surface area contributed by atoms with Crippen LogP contribution in [0.4, 0.5) is 15.6 Å². The van der Waals surface area contributed by atoms with E-state index in [9.17, 15) is 14.7 Å². The van der Waals surface area contributed by atoms with Gasteiger partial charge in [-0.15, -0.1) is 0 Å². The Kier molecular flexibility index (Phi) is 11.5. The van der Waals surface area contributed by atoms with Crippen LogP contribution in [-0.2, 0) is 34.1 Å². The molecule has 3 aliphatic heterocycles. The number of aliphatic hydroxyl groups excluding tert-OH is 1. The molecule has 15 heteroatoms. The number of para-hydroxylation sites is 2. The molecule has 2 fully saturated rings. The fourth-order valence-corrected chi connectivity index (χ4v) is 10.6. The molecule has 14 nitrogen and oxygen atoms in total. The Hall–Kier alpha value is -6.94. The highest BCUT2D eigenvalue weighted by Gasteiger charge is 2.75. The molecule has 7 atom stereocenters. The molecule has 9 rings (SSSR count). The first-order valence-corrected chi connectivity index (χ1v) is 21.8. The minimum Gasteiger partial charge on any atom is -0.491 e. The van der Waals surface area contributed by atoms with E-state index in [0.29, 0.717) is 28.0 Å². The average molecular weight is 880 g/mol. The van der Waals surface area contributed by atoms with Gasteiger partial charge in [-0.2, -0.15) is 0 Å². The highest BCUT2D eigenvalue weighted by atomic mass is 32.1. The number of morpholine rings is 1. The van der Waals surface area contributed by atoms with E-state index in [-0.39, 0.29) is 24.0 Å². The molecule has 2 saturated heterocycles. The van der Waals surface area contributed by atoms with Crippen molar-refractivity contribution in [2.24, 2.45) is 11.8 Å². The van der Waals surface area contributed by atoms with E-state index in [1.54, 1.807) is 62.4 Å². The SMILES string of the molecule is COC(=O)[C@@H](NC(=O)N1C(=O)[C@@]2(c3ccccc31)[C@H](c1cccc(OCCO)c1)N1[C@H](c3ccccc3)[C@H](c3ccccc3)OC(=O)[C@H]1[C@@H]2C(=O)Nc1nc2ccccc2s1)C(C)C. The molecule has 1 spiro atoms. The highest BCUT2D eigenvalue weighted by molar-refractivity contribution is 7.22. The number of cyclic esters (lactones) is 1. The first-order chi connectivity index (χ1) is 31.1. The number of hydrogen-bond donors (Lipinski definition) is 3. The summed E-state index contributed by atoms with van der Waals surface area (Å²) in [6, 6.07) is 34.4. The van der Waals surface area contributed by atoms with Gasteiger partial charge in [0.1, 0.15) is 36.0 Å². The summed E-state index contributed by atoms with van der Waals surface area (Å²) in [6.07, 6.45) is -0.926. The molecular formula is C49H45N5O9S. The molecule has 6 aromatic rings. The molecular weight excluding hydrogens is 835 g/mol. The van der Waals surface area contributed by atoms with Crippen molar-refractivity contribution < 1.29 is 43.3 Å². The second-order valence-corrected chi connectivity index (χ2v) is 17.3. The first kappa shape index (κ1) is 42.4. The number of carbonyl (C=O) groups is 5. The number of nitrogens with one attached hydrogen (secondary N) is 2. The molecule has 0 saturated carbocycles. The van der Waals surface area contributed by atoms with E-state index >= 15 is 14.4 Å². The van der Waals surface area contributed by atoms with Crippen LogP contribution in [-0.4, -0.2) is 77.2 Å². The van der Waals surface area contributed by atoms with Crippen LogP contribution in [0.25, 0.3) is 10.2 Å². The third-order valence-corrected chi connectivity index (χ3v) is 13.3. The molecule has 0 radical (unpaired) electrons. The van der Waals surface area contributed by atoms with Crippen LogP contribution in [0.5, 0.6) is 5.75 Å². The Morgan fingerprint density at radius 2 is 1.52 bits per heavy atom. The lowest BCUT2D eigenvalue weighted by Gasteiger charge is -2.46. The van der Waals surface area contributed by atoms with Gasteiger partial charge in [0.25, 0.3) is 0 Å². The Morgan fingerprint density at radius 1 is 0.844 bits per heavy atom. The Balaban J connectivity index is 1.33. The van der Waals surface area contributed by atoms with Gasteiger partial charge in [-0.05, 0) is 58.5 Å². The van der Waals surface area contributed by atoms with E-state index in [2.05, 4.69) is 10.6 Å². The number of rotatable bonds is 11. The van der Waals surface area contributed by atoms with Crippen molar-refractivity contribution in [2.75, 3.05) is 30.5 Å². The first-order valence-electron chi connectivity index (χ1n) is 21.0. The summed E-state index contributed by atoms with van der Waals surface area (Å²) in [6.45, 7) is 3.18. The minimum absolute atomic E-state index is 0.0270. The van der Waals surface area contributed by atoms with Crippen molar-refractivity contribution in [3.63, 3.8) is 0 Å². The zero-order chi connectivity index (χ0) is 44.7. The summed E-state index contributed by atoms with van der Waals surface area (Å²) in [5.74, 6) is -4.60. The second-order valence-electron chi connectivity index (χ2n) is 16.2. The molecule has 4 amide bonds. The maximum atomic E-state index is 16.3. The van der Waals surface area contributed by atoms with Crippen LogP contribution in [0.3, 0.4) is 0 Å². The second kappa shape index (κ2) is 17.3. The topological polar surface area (TPSA) is 177 Å². The number of urea groups is 1. The van der Waals surface area contributed by atoms with Crippen molar-refractivity contribution in [3.05, 3.63) is 156 Å². The van der Waals surface area contributed by atoms with Gasteiger partial charge in [-0.25, -0.2) is 19.5 Å². The molecule has 0 aliphatic carbocycles. The van der Waals surface area contributed by atoms with E-state index in [0.717, 1.165) is 15.2 Å². The predicted octanol–water partition coefficient (Wildman–Crippen LogP) is 6.88. The standard InChI is InChI=1S/C49H45N5O9S/c1-28(2)38(44(57)61-3)51-48(60)53-35-23-12-10-21-33(35)49(46(53)59)37(43(56)52-47-50-34-22-11-13-24-36(34)64-47)40-45(58)63-41(30-17-8-5-9-18-30)39(29-15-6-4-7-16-29)54(40)42(49)31-19-14-20-32(27-31)62-26-25-55/h4-24,27-28,37-42,55H,25-26H2,1-3H3,(H,51,60)(H,50,52,56)/t37-,38+,39-,40-,41+,42+,49-/m1/s1. The van der Waals surface area contributed by atoms with E-state index in [1.807, 2.05) is 89.8 Å². The summed E-state index contributed by atoms with van der Waals surface area (Å²) in [4.78, 5) is 82.7. The molecule has 4 heterocycles. The van der Waals surface area contributed by atoms with Crippen molar-refractivity contribution in [2.45, 2.75) is 49.5 Å². The summed E-state index contributed by atoms with van der Waals surface area (Å²) in [7, 11) is 1.21. The Morgan fingerprint density at radius 3 is 2.22 bits per heavy atom. The van der Waals surface area contributed by atoms with Gasteiger partial charge in [0.05, 0.1) is 47.6 Å².